The highest BCUT2D eigenvalue weighted by molar-refractivity contribution is 5.90. The summed E-state index contributed by atoms with van der Waals surface area (Å²) in [7, 11) is 1.37. The molecular formula is C30H36O4. The smallest absolute Gasteiger partial charge is 0.338 e. The third-order valence-electron chi connectivity index (χ3n) is 5.75. The Balaban J connectivity index is 1.72. The van der Waals surface area contributed by atoms with Gasteiger partial charge in [0.2, 0.25) is 0 Å². The van der Waals surface area contributed by atoms with Gasteiger partial charge in [0.1, 0.15) is 24.7 Å². The van der Waals surface area contributed by atoms with Gasteiger partial charge in [-0.05, 0) is 45.2 Å². The summed E-state index contributed by atoms with van der Waals surface area (Å²) in [5.41, 5.74) is 5.25. The number of carbonyl (C=O) groups is 1. The fraction of sp³-hybridized carbons (Fsp3) is 0.367. The predicted molar refractivity (Wildman–Crippen MR) is 137 cm³/mol. The first-order valence-corrected chi connectivity index (χ1v) is 11.6. The zero-order valence-electron chi connectivity index (χ0n) is 21.4. The average Bonchev–Trinajstić information content (AvgIpc) is 2.80. The quantitative estimate of drug-likeness (QED) is 0.349. The molecule has 0 aliphatic rings. The van der Waals surface area contributed by atoms with Crippen LogP contribution in [-0.2, 0) is 28.8 Å². The molecule has 0 unspecified atom stereocenters. The molecule has 34 heavy (non-hydrogen) atoms. The molecule has 3 aromatic carbocycles. The average molecular weight is 461 g/mol. The summed E-state index contributed by atoms with van der Waals surface area (Å²) in [4.78, 5) is 12.2. The molecule has 0 amide bonds. The first-order valence-electron chi connectivity index (χ1n) is 11.6. The highest BCUT2D eigenvalue weighted by atomic mass is 16.5. The van der Waals surface area contributed by atoms with Gasteiger partial charge in [-0.1, -0.05) is 90.1 Å². The van der Waals surface area contributed by atoms with E-state index in [1.807, 2.05) is 0 Å². The Morgan fingerprint density at radius 1 is 0.647 bits per heavy atom. The summed E-state index contributed by atoms with van der Waals surface area (Å²) >= 11 is 0. The summed E-state index contributed by atoms with van der Waals surface area (Å²) in [5, 5.41) is 0. The molecule has 180 valence electrons. The van der Waals surface area contributed by atoms with E-state index in [4.69, 9.17) is 14.2 Å². The van der Waals surface area contributed by atoms with E-state index in [-0.39, 0.29) is 10.8 Å². The van der Waals surface area contributed by atoms with Crippen molar-refractivity contribution in [3.63, 3.8) is 0 Å². The summed E-state index contributed by atoms with van der Waals surface area (Å²) in [6, 6.07) is 22.0. The zero-order chi connectivity index (χ0) is 24.9. The van der Waals surface area contributed by atoms with Crippen molar-refractivity contribution in [2.45, 2.75) is 65.6 Å². The number of esters is 1. The van der Waals surface area contributed by atoms with Gasteiger partial charge in [0.25, 0.3) is 0 Å². The van der Waals surface area contributed by atoms with E-state index in [0.717, 1.165) is 11.1 Å². The van der Waals surface area contributed by atoms with Crippen LogP contribution in [0.2, 0.25) is 0 Å². The molecule has 0 aromatic heterocycles. The normalized spacial score (nSPS) is 11.7. The molecule has 4 nitrogen and oxygen atoms in total. The van der Waals surface area contributed by atoms with Crippen molar-refractivity contribution in [2.75, 3.05) is 7.11 Å². The maximum absolute atomic E-state index is 12.2. The number of ether oxygens (including phenoxy) is 3. The summed E-state index contributed by atoms with van der Waals surface area (Å²) in [6.45, 7) is 13.9. The molecule has 0 fully saturated rings. The van der Waals surface area contributed by atoms with E-state index in [9.17, 15) is 4.79 Å². The lowest BCUT2D eigenvalue weighted by Crippen LogP contribution is -2.11. The number of hydrogen-bond donors (Lipinski definition) is 0. The van der Waals surface area contributed by atoms with Crippen LogP contribution in [0.5, 0.6) is 11.5 Å². The molecule has 0 atom stereocenters. The lowest BCUT2D eigenvalue weighted by Gasteiger charge is -2.19. The van der Waals surface area contributed by atoms with Gasteiger partial charge >= 0.3 is 5.97 Å². The van der Waals surface area contributed by atoms with E-state index >= 15 is 0 Å². The Kier molecular flexibility index (Phi) is 7.71. The number of rotatable bonds is 7. The highest BCUT2D eigenvalue weighted by Crippen LogP contribution is 2.27. The molecule has 0 aliphatic carbocycles. The molecular weight excluding hydrogens is 424 g/mol. The van der Waals surface area contributed by atoms with E-state index in [1.54, 1.807) is 18.2 Å². The van der Waals surface area contributed by atoms with E-state index < -0.39 is 5.97 Å². The lowest BCUT2D eigenvalue weighted by atomic mass is 9.87. The van der Waals surface area contributed by atoms with Gasteiger partial charge < -0.3 is 14.2 Å². The predicted octanol–water partition coefficient (Wildman–Crippen LogP) is 7.23. The second-order valence-corrected chi connectivity index (χ2v) is 10.7. The van der Waals surface area contributed by atoms with E-state index in [1.165, 1.54) is 18.2 Å². The van der Waals surface area contributed by atoms with Crippen molar-refractivity contribution in [1.82, 2.24) is 0 Å². The first kappa shape index (κ1) is 25.4. The maximum atomic E-state index is 12.2. The highest BCUT2D eigenvalue weighted by Gasteiger charge is 2.15. The third kappa shape index (κ3) is 6.86. The molecule has 0 saturated carbocycles. The topological polar surface area (TPSA) is 44.8 Å². The Hall–Kier alpha value is -3.27. The van der Waals surface area contributed by atoms with Crippen molar-refractivity contribution in [3.8, 4) is 11.5 Å². The SMILES string of the molecule is COC(=O)c1cc(OCc2ccc(C(C)(C)C)cc2)cc(OCc2ccc(C(C)(C)C)cc2)c1. The van der Waals surface area contributed by atoms with Gasteiger partial charge in [-0.2, -0.15) is 0 Å². The Labute approximate surface area is 203 Å². The van der Waals surface area contributed by atoms with Gasteiger partial charge in [0.05, 0.1) is 12.7 Å². The number of hydrogen-bond acceptors (Lipinski definition) is 4. The minimum atomic E-state index is -0.431. The van der Waals surface area contributed by atoms with Gasteiger partial charge in [-0.25, -0.2) is 4.79 Å². The first-order chi connectivity index (χ1) is 16.0. The minimum absolute atomic E-state index is 0.105. The second kappa shape index (κ2) is 10.3. The van der Waals surface area contributed by atoms with Gasteiger partial charge in [-0.3, -0.25) is 0 Å². The van der Waals surface area contributed by atoms with Crippen molar-refractivity contribution in [1.29, 1.82) is 0 Å². The molecule has 0 radical (unpaired) electrons. The number of benzene rings is 3. The molecule has 0 N–H and O–H groups in total. The standard InChI is InChI=1S/C30H36O4/c1-29(2,3)24-12-8-21(9-13-24)19-33-26-16-23(28(31)32-7)17-27(18-26)34-20-22-10-14-25(15-11-22)30(4,5)6/h8-18H,19-20H2,1-7H3. The molecule has 4 heteroatoms. The van der Waals surface area contributed by atoms with Gasteiger partial charge in [0, 0.05) is 6.07 Å². The van der Waals surface area contributed by atoms with Crippen LogP contribution in [0.1, 0.15) is 74.2 Å². The van der Waals surface area contributed by atoms with Crippen molar-refractivity contribution < 1.29 is 19.0 Å². The van der Waals surface area contributed by atoms with Crippen LogP contribution in [0.15, 0.2) is 66.7 Å². The molecule has 3 rings (SSSR count). The van der Waals surface area contributed by atoms with Crippen molar-refractivity contribution in [2.24, 2.45) is 0 Å². The Morgan fingerprint density at radius 3 is 1.35 bits per heavy atom. The van der Waals surface area contributed by atoms with Crippen LogP contribution in [0.3, 0.4) is 0 Å². The fourth-order valence-corrected chi connectivity index (χ4v) is 3.51. The number of methoxy groups -OCH3 is 1. The van der Waals surface area contributed by atoms with Gasteiger partial charge in [-0.15, -0.1) is 0 Å². The summed E-state index contributed by atoms with van der Waals surface area (Å²) in [5.74, 6) is 0.682. The Morgan fingerprint density at radius 2 is 1.03 bits per heavy atom. The fourth-order valence-electron chi connectivity index (χ4n) is 3.51. The van der Waals surface area contributed by atoms with Crippen LogP contribution in [-0.4, -0.2) is 13.1 Å². The van der Waals surface area contributed by atoms with Crippen molar-refractivity contribution in [3.05, 3.63) is 94.5 Å². The second-order valence-electron chi connectivity index (χ2n) is 10.7. The minimum Gasteiger partial charge on any atom is -0.489 e. The van der Waals surface area contributed by atoms with Crippen molar-refractivity contribution >= 4 is 5.97 Å². The molecule has 0 spiro atoms. The van der Waals surface area contributed by atoms with Crippen LogP contribution in [0.4, 0.5) is 0 Å². The molecule has 0 saturated heterocycles. The molecule has 0 aliphatic heterocycles. The molecule has 3 aromatic rings. The van der Waals surface area contributed by atoms with Crippen LogP contribution < -0.4 is 9.47 Å². The van der Waals surface area contributed by atoms with Crippen LogP contribution in [0.25, 0.3) is 0 Å². The largest absolute Gasteiger partial charge is 0.489 e. The maximum Gasteiger partial charge on any atom is 0.338 e. The van der Waals surface area contributed by atoms with E-state index in [2.05, 4.69) is 90.1 Å². The van der Waals surface area contributed by atoms with Gasteiger partial charge in [0.15, 0.2) is 0 Å². The van der Waals surface area contributed by atoms with E-state index in [0.29, 0.717) is 30.3 Å². The Bertz CT molecular complexity index is 1020. The molecule has 0 heterocycles. The van der Waals surface area contributed by atoms with Crippen LogP contribution in [0, 0.1) is 0 Å². The lowest BCUT2D eigenvalue weighted by molar-refractivity contribution is 0.0599. The number of carbonyl (C=O) groups excluding carboxylic acids is 1. The summed E-state index contributed by atoms with van der Waals surface area (Å²) in [6.07, 6.45) is 0. The zero-order valence-corrected chi connectivity index (χ0v) is 21.4. The van der Waals surface area contributed by atoms with Crippen LogP contribution >= 0.6 is 0 Å². The monoisotopic (exact) mass is 460 g/mol. The molecule has 0 bridgehead atoms. The summed E-state index contributed by atoms with van der Waals surface area (Å²) < 4.78 is 16.9. The third-order valence-corrected chi connectivity index (χ3v) is 5.75.